The maximum Gasteiger partial charge on any atom is 0.324 e. The third-order valence-corrected chi connectivity index (χ3v) is 6.69. The zero-order valence-electron chi connectivity index (χ0n) is 16.2. The zero-order chi connectivity index (χ0) is 19.8. The van der Waals surface area contributed by atoms with Crippen LogP contribution in [-0.4, -0.2) is 44.3 Å². The van der Waals surface area contributed by atoms with Gasteiger partial charge in [0.05, 0.1) is 17.6 Å². The number of aromatic amines is 1. The van der Waals surface area contributed by atoms with Gasteiger partial charge >= 0.3 is 6.03 Å². The highest BCUT2D eigenvalue weighted by Gasteiger charge is 2.54. The SMILES string of the molecule is CN1C(=O)NC(=O)C12Cc1cc3nc(CN4Cc5ccccc5C4)[nH]c3cc1C2. The molecule has 2 aliphatic heterocycles. The summed E-state index contributed by atoms with van der Waals surface area (Å²) < 4.78 is 0. The predicted octanol–water partition coefficient (Wildman–Crippen LogP) is 2.10. The monoisotopic (exact) mass is 387 g/mol. The number of benzene rings is 2. The second-order valence-electron chi connectivity index (χ2n) is 8.44. The van der Waals surface area contributed by atoms with E-state index in [9.17, 15) is 9.59 Å². The Bertz CT molecular complexity index is 1130. The molecule has 3 aliphatic rings. The van der Waals surface area contributed by atoms with Crippen molar-refractivity contribution in [3.63, 3.8) is 0 Å². The Hall–Kier alpha value is -3.19. The summed E-state index contributed by atoms with van der Waals surface area (Å²) in [6, 6.07) is 12.4. The first kappa shape index (κ1) is 16.7. The number of likely N-dealkylation sites (N-methyl/N-ethyl adjacent to an activating group) is 1. The van der Waals surface area contributed by atoms with Crippen molar-refractivity contribution in [2.75, 3.05) is 7.05 Å². The summed E-state index contributed by atoms with van der Waals surface area (Å²) in [5.74, 6) is 0.754. The van der Waals surface area contributed by atoms with E-state index in [2.05, 4.69) is 51.6 Å². The molecule has 3 heterocycles. The topological polar surface area (TPSA) is 81.3 Å². The number of aromatic nitrogens is 2. The number of amides is 3. The van der Waals surface area contributed by atoms with Gasteiger partial charge < -0.3 is 9.88 Å². The number of fused-ring (bicyclic) bond motifs is 3. The molecule has 0 bridgehead atoms. The van der Waals surface area contributed by atoms with Crippen LogP contribution in [0.2, 0.25) is 0 Å². The summed E-state index contributed by atoms with van der Waals surface area (Å²) in [6.45, 7) is 2.67. The van der Waals surface area contributed by atoms with E-state index in [-0.39, 0.29) is 11.9 Å². The molecular formula is C22H21N5O2. The highest BCUT2D eigenvalue weighted by molar-refractivity contribution is 6.07. The molecule has 3 aromatic rings. The van der Waals surface area contributed by atoms with Crippen molar-refractivity contribution in [3.05, 3.63) is 64.5 Å². The van der Waals surface area contributed by atoms with Crippen LogP contribution in [0.15, 0.2) is 36.4 Å². The molecule has 6 rings (SSSR count). The number of urea groups is 1. The average Bonchev–Trinajstić information content (AvgIpc) is 3.41. The van der Waals surface area contributed by atoms with Crippen molar-refractivity contribution in [1.82, 2.24) is 25.1 Å². The van der Waals surface area contributed by atoms with Gasteiger partial charge in [0.25, 0.3) is 5.91 Å². The van der Waals surface area contributed by atoms with Crippen molar-refractivity contribution in [1.29, 1.82) is 0 Å². The number of imidazole rings is 1. The first-order chi connectivity index (χ1) is 14.0. The van der Waals surface area contributed by atoms with Crippen LogP contribution >= 0.6 is 0 Å². The molecule has 0 saturated carbocycles. The Morgan fingerprint density at radius 3 is 2.38 bits per heavy atom. The lowest BCUT2D eigenvalue weighted by Crippen LogP contribution is -2.48. The summed E-state index contributed by atoms with van der Waals surface area (Å²) >= 11 is 0. The number of carbonyl (C=O) groups excluding carboxylic acids is 2. The second-order valence-corrected chi connectivity index (χ2v) is 8.44. The number of hydrogen-bond acceptors (Lipinski definition) is 4. The molecule has 7 nitrogen and oxygen atoms in total. The lowest BCUT2D eigenvalue weighted by atomic mass is 9.95. The number of carbonyl (C=O) groups is 2. The highest BCUT2D eigenvalue weighted by Crippen LogP contribution is 2.38. The van der Waals surface area contributed by atoms with Gasteiger partial charge in [0.2, 0.25) is 0 Å². The molecule has 2 aromatic carbocycles. The van der Waals surface area contributed by atoms with E-state index in [1.165, 1.54) is 11.1 Å². The molecule has 1 aliphatic carbocycles. The van der Waals surface area contributed by atoms with Crippen LogP contribution in [0.3, 0.4) is 0 Å². The molecule has 1 unspecified atom stereocenters. The van der Waals surface area contributed by atoms with Crippen molar-refractivity contribution < 1.29 is 9.59 Å². The number of nitrogens with zero attached hydrogens (tertiary/aromatic N) is 3. The molecule has 0 radical (unpaired) electrons. The summed E-state index contributed by atoms with van der Waals surface area (Å²) in [7, 11) is 1.70. The maximum absolute atomic E-state index is 12.5. The van der Waals surface area contributed by atoms with Crippen molar-refractivity contribution in [3.8, 4) is 0 Å². The highest BCUT2D eigenvalue weighted by atomic mass is 16.2. The van der Waals surface area contributed by atoms with Crippen LogP contribution < -0.4 is 5.32 Å². The van der Waals surface area contributed by atoms with E-state index in [0.29, 0.717) is 12.8 Å². The molecule has 1 spiro atoms. The fraction of sp³-hybridized carbons (Fsp3) is 0.318. The van der Waals surface area contributed by atoms with Gasteiger partial charge in [0.15, 0.2) is 0 Å². The van der Waals surface area contributed by atoms with Crippen LogP contribution in [0.25, 0.3) is 11.0 Å². The third kappa shape index (κ3) is 2.37. The number of nitrogens with one attached hydrogen (secondary N) is 2. The average molecular weight is 387 g/mol. The molecule has 146 valence electrons. The van der Waals surface area contributed by atoms with E-state index in [1.54, 1.807) is 11.9 Å². The van der Waals surface area contributed by atoms with Crippen LogP contribution in [-0.2, 0) is 37.3 Å². The van der Waals surface area contributed by atoms with Gasteiger partial charge in [-0.05, 0) is 34.4 Å². The Morgan fingerprint density at radius 2 is 1.72 bits per heavy atom. The Labute approximate surface area is 167 Å². The molecule has 1 aromatic heterocycles. The van der Waals surface area contributed by atoms with Gasteiger partial charge in [-0.1, -0.05) is 24.3 Å². The molecule has 3 amide bonds. The fourth-order valence-electron chi connectivity index (χ4n) is 5.06. The fourth-order valence-corrected chi connectivity index (χ4v) is 5.06. The van der Waals surface area contributed by atoms with Crippen LogP contribution in [0, 0.1) is 0 Å². The molecule has 1 saturated heterocycles. The number of hydrogen-bond donors (Lipinski definition) is 2. The summed E-state index contributed by atoms with van der Waals surface area (Å²) in [5, 5.41) is 2.45. The zero-order valence-corrected chi connectivity index (χ0v) is 16.2. The van der Waals surface area contributed by atoms with Crippen molar-refractivity contribution in [2.24, 2.45) is 0 Å². The summed E-state index contributed by atoms with van der Waals surface area (Å²) in [6.07, 6.45) is 1.08. The maximum atomic E-state index is 12.5. The minimum absolute atomic E-state index is 0.202. The normalized spacial score (nSPS) is 20.0. The molecule has 1 fully saturated rings. The Kier molecular flexibility index (Phi) is 3.27. The molecule has 7 heteroatoms. The van der Waals surface area contributed by atoms with Gasteiger partial charge in [-0.3, -0.25) is 15.0 Å². The molecule has 2 N–H and O–H groups in total. The number of rotatable bonds is 2. The minimum Gasteiger partial charge on any atom is -0.341 e. The quantitative estimate of drug-likeness (QED) is 0.660. The lowest BCUT2D eigenvalue weighted by molar-refractivity contribution is -0.125. The minimum atomic E-state index is -0.789. The van der Waals surface area contributed by atoms with Gasteiger partial charge in [-0.25, -0.2) is 9.78 Å². The third-order valence-electron chi connectivity index (χ3n) is 6.69. The Morgan fingerprint density at radius 1 is 1.03 bits per heavy atom. The van der Waals surface area contributed by atoms with E-state index >= 15 is 0 Å². The van der Waals surface area contributed by atoms with E-state index in [4.69, 9.17) is 4.98 Å². The Balaban J connectivity index is 1.26. The standard InChI is InChI=1S/C22H21N5O2/c1-26-21(29)25-20(28)22(26)8-15-6-17-18(7-16(15)9-22)24-19(23-17)12-27-10-13-4-2-3-5-14(13)11-27/h2-7H,8-12H2,1H3,(H,23,24)(H,25,28,29). The van der Waals surface area contributed by atoms with Crippen molar-refractivity contribution >= 4 is 23.0 Å². The van der Waals surface area contributed by atoms with Crippen LogP contribution in [0.5, 0.6) is 0 Å². The van der Waals surface area contributed by atoms with E-state index < -0.39 is 5.54 Å². The predicted molar refractivity (Wildman–Crippen MR) is 107 cm³/mol. The lowest BCUT2D eigenvalue weighted by Gasteiger charge is -2.27. The van der Waals surface area contributed by atoms with Crippen molar-refractivity contribution in [2.45, 2.75) is 38.0 Å². The van der Waals surface area contributed by atoms with Crippen LogP contribution in [0.4, 0.5) is 4.79 Å². The number of imide groups is 1. The first-order valence-electron chi connectivity index (χ1n) is 9.91. The smallest absolute Gasteiger partial charge is 0.324 e. The van der Waals surface area contributed by atoms with Gasteiger partial charge in [0, 0.05) is 33.0 Å². The molecule has 1 atom stereocenters. The largest absolute Gasteiger partial charge is 0.341 e. The van der Waals surface area contributed by atoms with Gasteiger partial charge in [0.1, 0.15) is 11.4 Å². The first-order valence-corrected chi connectivity index (χ1v) is 9.91. The van der Waals surface area contributed by atoms with E-state index in [0.717, 1.165) is 47.6 Å². The van der Waals surface area contributed by atoms with Gasteiger partial charge in [-0.15, -0.1) is 0 Å². The van der Waals surface area contributed by atoms with E-state index in [1.807, 2.05) is 0 Å². The summed E-state index contributed by atoms with van der Waals surface area (Å²) in [5.41, 5.74) is 6.10. The number of H-pyrrole nitrogens is 1. The summed E-state index contributed by atoms with van der Waals surface area (Å²) in [4.78, 5) is 36.6. The molecular weight excluding hydrogens is 366 g/mol. The molecule has 29 heavy (non-hydrogen) atoms. The van der Waals surface area contributed by atoms with Crippen LogP contribution in [0.1, 0.15) is 28.1 Å². The second kappa shape index (κ2) is 5.67. The van der Waals surface area contributed by atoms with Gasteiger partial charge in [-0.2, -0.15) is 0 Å².